The topological polar surface area (TPSA) is 29.3 Å². The van der Waals surface area contributed by atoms with Crippen LogP contribution in [0.25, 0.3) is 0 Å². The fourth-order valence-electron chi connectivity index (χ4n) is 2.78. The van der Waals surface area contributed by atoms with Gasteiger partial charge in [-0.25, -0.2) is 0 Å². The van der Waals surface area contributed by atoms with Crippen molar-refractivity contribution in [2.24, 2.45) is 11.7 Å². The first-order valence-corrected chi connectivity index (χ1v) is 5.77. The number of likely N-dealkylation sites (tertiary alicyclic amines) is 1. The first-order chi connectivity index (χ1) is 6.27. The van der Waals surface area contributed by atoms with E-state index in [9.17, 15) is 0 Å². The van der Waals surface area contributed by atoms with E-state index in [4.69, 9.17) is 5.73 Å². The average molecular weight is 182 g/mol. The van der Waals surface area contributed by atoms with Crippen LogP contribution >= 0.6 is 0 Å². The fourth-order valence-corrected chi connectivity index (χ4v) is 2.78. The maximum atomic E-state index is 6.10. The zero-order valence-electron chi connectivity index (χ0n) is 8.71. The molecule has 2 N–H and O–H groups in total. The Hall–Kier alpha value is -0.0800. The molecule has 0 radical (unpaired) electrons. The zero-order chi connectivity index (χ0) is 9.26. The molecular formula is C11H22N2. The highest BCUT2D eigenvalue weighted by atomic mass is 15.2. The normalized spacial score (nSPS) is 38.3. The lowest BCUT2D eigenvalue weighted by Gasteiger charge is -2.36. The molecule has 0 aromatic heterocycles. The van der Waals surface area contributed by atoms with Gasteiger partial charge in [0.2, 0.25) is 0 Å². The monoisotopic (exact) mass is 182 g/mol. The van der Waals surface area contributed by atoms with Crippen molar-refractivity contribution in [2.45, 2.75) is 51.1 Å². The summed E-state index contributed by atoms with van der Waals surface area (Å²) >= 11 is 0. The Kier molecular flexibility index (Phi) is 2.89. The number of rotatable bonds is 1. The van der Waals surface area contributed by atoms with Crippen molar-refractivity contribution in [3.8, 4) is 0 Å². The molecule has 2 heteroatoms. The van der Waals surface area contributed by atoms with Crippen molar-refractivity contribution in [3.63, 3.8) is 0 Å². The maximum Gasteiger partial charge on any atom is 0.0247 e. The van der Waals surface area contributed by atoms with Gasteiger partial charge in [-0.05, 0) is 44.7 Å². The number of piperidine rings is 1. The molecule has 2 nitrogen and oxygen atoms in total. The van der Waals surface area contributed by atoms with Gasteiger partial charge in [0.1, 0.15) is 0 Å². The third-order valence-electron chi connectivity index (χ3n) is 3.82. The predicted molar refractivity (Wildman–Crippen MR) is 55.6 cm³/mol. The molecule has 1 heterocycles. The molecule has 0 amide bonds. The van der Waals surface area contributed by atoms with Gasteiger partial charge in [0.15, 0.2) is 0 Å². The highest BCUT2D eigenvalue weighted by Gasteiger charge is 2.30. The van der Waals surface area contributed by atoms with Crippen LogP contribution < -0.4 is 5.73 Å². The van der Waals surface area contributed by atoms with Crippen LogP contribution in [0.2, 0.25) is 0 Å². The Morgan fingerprint density at radius 3 is 2.31 bits per heavy atom. The van der Waals surface area contributed by atoms with Crippen LogP contribution in [0.5, 0.6) is 0 Å². The molecule has 2 aliphatic rings. The van der Waals surface area contributed by atoms with Gasteiger partial charge in [-0.2, -0.15) is 0 Å². The van der Waals surface area contributed by atoms with Gasteiger partial charge in [0, 0.05) is 12.1 Å². The van der Waals surface area contributed by atoms with Crippen molar-refractivity contribution in [1.29, 1.82) is 0 Å². The van der Waals surface area contributed by atoms with Crippen molar-refractivity contribution >= 4 is 0 Å². The summed E-state index contributed by atoms with van der Waals surface area (Å²) in [6.07, 6.45) is 6.69. The molecule has 0 bridgehead atoms. The Morgan fingerprint density at radius 1 is 1.08 bits per heavy atom. The fraction of sp³-hybridized carbons (Fsp3) is 1.00. The lowest BCUT2D eigenvalue weighted by Crippen LogP contribution is -2.47. The van der Waals surface area contributed by atoms with Crippen molar-refractivity contribution in [3.05, 3.63) is 0 Å². The van der Waals surface area contributed by atoms with E-state index in [0.29, 0.717) is 12.1 Å². The second kappa shape index (κ2) is 3.97. The molecule has 0 unspecified atom stereocenters. The van der Waals surface area contributed by atoms with Crippen LogP contribution in [-0.2, 0) is 0 Å². The maximum absolute atomic E-state index is 6.10. The minimum absolute atomic E-state index is 0.466. The van der Waals surface area contributed by atoms with E-state index in [2.05, 4.69) is 11.8 Å². The van der Waals surface area contributed by atoms with Crippen molar-refractivity contribution in [2.75, 3.05) is 13.1 Å². The second-order valence-electron chi connectivity index (χ2n) is 4.88. The van der Waals surface area contributed by atoms with Crippen LogP contribution in [0.1, 0.15) is 39.0 Å². The van der Waals surface area contributed by atoms with Crippen LogP contribution in [0, 0.1) is 5.92 Å². The Labute approximate surface area is 81.5 Å². The highest BCUT2D eigenvalue weighted by Crippen LogP contribution is 2.26. The molecular weight excluding hydrogens is 160 g/mol. The second-order valence-corrected chi connectivity index (χ2v) is 4.88. The zero-order valence-corrected chi connectivity index (χ0v) is 8.71. The SMILES string of the molecule is CC1CCN([C@@H]2CCC[C@@H]2N)CC1. The molecule has 1 aliphatic heterocycles. The summed E-state index contributed by atoms with van der Waals surface area (Å²) in [6, 6.07) is 1.18. The minimum atomic E-state index is 0.466. The highest BCUT2D eigenvalue weighted by molar-refractivity contribution is 4.89. The molecule has 1 saturated carbocycles. The van der Waals surface area contributed by atoms with Gasteiger partial charge in [-0.15, -0.1) is 0 Å². The smallest absolute Gasteiger partial charge is 0.0247 e. The standard InChI is InChI=1S/C11H22N2/c1-9-5-7-13(8-6-9)11-4-2-3-10(11)12/h9-11H,2-8,12H2,1H3/t10-,11+/m0/s1. The van der Waals surface area contributed by atoms with Gasteiger partial charge in [-0.1, -0.05) is 13.3 Å². The molecule has 13 heavy (non-hydrogen) atoms. The summed E-state index contributed by atoms with van der Waals surface area (Å²) in [7, 11) is 0. The number of hydrogen-bond acceptors (Lipinski definition) is 2. The summed E-state index contributed by atoms with van der Waals surface area (Å²) < 4.78 is 0. The first kappa shape index (κ1) is 9.47. The minimum Gasteiger partial charge on any atom is -0.326 e. The van der Waals surface area contributed by atoms with Crippen LogP contribution in [-0.4, -0.2) is 30.1 Å². The lowest BCUT2D eigenvalue weighted by molar-refractivity contribution is 0.131. The number of nitrogens with two attached hydrogens (primary N) is 1. The Balaban J connectivity index is 1.86. The van der Waals surface area contributed by atoms with Gasteiger partial charge < -0.3 is 5.73 Å². The third-order valence-corrected chi connectivity index (χ3v) is 3.82. The quantitative estimate of drug-likeness (QED) is 0.667. The molecule has 0 aromatic rings. The molecule has 2 atom stereocenters. The van der Waals surface area contributed by atoms with E-state index in [1.54, 1.807) is 0 Å². The molecule has 0 aromatic carbocycles. The van der Waals surface area contributed by atoms with E-state index < -0.39 is 0 Å². The Morgan fingerprint density at radius 2 is 1.77 bits per heavy atom. The average Bonchev–Trinajstić information content (AvgIpc) is 2.53. The van der Waals surface area contributed by atoms with Gasteiger partial charge in [0.25, 0.3) is 0 Å². The van der Waals surface area contributed by atoms with E-state index >= 15 is 0 Å². The van der Waals surface area contributed by atoms with E-state index in [1.165, 1.54) is 45.2 Å². The Bertz CT molecular complexity index is 161. The van der Waals surface area contributed by atoms with Crippen LogP contribution in [0.3, 0.4) is 0 Å². The summed E-state index contributed by atoms with van der Waals surface area (Å²) in [4.78, 5) is 2.64. The van der Waals surface area contributed by atoms with Crippen molar-refractivity contribution in [1.82, 2.24) is 4.90 Å². The van der Waals surface area contributed by atoms with Gasteiger partial charge in [-0.3, -0.25) is 4.90 Å². The van der Waals surface area contributed by atoms with E-state index in [1.807, 2.05) is 0 Å². The first-order valence-electron chi connectivity index (χ1n) is 5.77. The largest absolute Gasteiger partial charge is 0.326 e. The molecule has 76 valence electrons. The summed E-state index contributed by atoms with van der Waals surface area (Å²) in [5, 5.41) is 0. The van der Waals surface area contributed by atoms with E-state index in [-0.39, 0.29) is 0 Å². The molecule has 0 spiro atoms. The van der Waals surface area contributed by atoms with Crippen LogP contribution in [0.4, 0.5) is 0 Å². The third kappa shape index (κ3) is 2.05. The number of nitrogens with zero attached hydrogens (tertiary/aromatic N) is 1. The van der Waals surface area contributed by atoms with Gasteiger partial charge >= 0.3 is 0 Å². The summed E-state index contributed by atoms with van der Waals surface area (Å²) in [5.74, 6) is 0.939. The molecule has 1 saturated heterocycles. The van der Waals surface area contributed by atoms with Crippen LogP contribution in [0.15, 0.2) is 0 Å². The predicted octanol–water partition coefficient (Wildman–Crippen LogP) is 1.60. The van der Waals surface area contributed by atoms with E-state index in [0.717, 1.165) is 5.92 Å². The molecule has 1 aliphatic carbocycles. The number of hydrogen-bond donors (Lipinski definition) is 1. The molecule has 2 fully saturated rings. The van der Waals surface area contributed by atoms with Crippen molar-refractivity contribution < 1.29 is 0 Å². The molecule has 2 rings (SSSR count). The summed E-state index contributed by atoms with van der Waals surface area (Å²) in [5.41, 5.74) is 6.10. The van der Waals surface area contributed by atoms with Gasteiger partial charge in [0.05, 0.1) is 0 Å². The lowest BCUT2D eigenvalue weighted by atomic mass is 9.97. The summed E-state index contributed by atoms with van der Waals surface area (Å²) in [6.45, 7) is 4.95.